The predicted molar refractivity (Wildman–Crippen MR) is 81.8 cm³/mol. The summed E-state index contributed by atoms with van der Waals surface area (Å²) in [6, 6.07) is 5.65. The maximum absolute atomic E-state index is 12.6. The van der Waals surface area contributed by atoms with E-state index in [-0.39, 0.29) is 11.7 Å². The van der Waals surface area contributed by atoms with Crippen LogP contribution in [-0.4, -0.2) is 17.0 Å². The second-order valence-corrected chi connectivity index (χ2v) is 5.96. The molecule has 5 nitrogen and oxygen atoms in total. The van der Waals surface area contributed by atoms with Gasteiger partial charge in [0.25, 0.3) is 0 Å². The third-order valence-electron chi connectivity index (χ3n) is 3.93. The lowest BCUT2D eigenvalue weighted by atomic mass is 9.83. The monoisotopic (exact) mass is 339 g/mol. The van der Waals surface area contributed by atoms with Gasteiger partial charge >= 0.3 is 0 Å². The number of halogens is 1. The van der Waals surface area contributed by atoms with Gasteiger partial charge < -0.3 is 16.3 Å². The molecule has 0 aliphatic heterocycles. The average molecular weight is 340 g/mol. The van der Waals surface area contributed by atoms with Crippen LogP contribution in [-0.2, 0) is 4.79 Å². The number of nitrogens with one attached hydrogen (secondary N) is 1. The summed E-state index contributed by atoms with van der Waals surface area (Å²) in [6.07, 6.45) is 3.02. The van der Waals surface area contributed by atoms with E-state index in [0.29, 0.717) is 18.5 Å². The summed E-state index contributed by atoms with van der Waals surface area (Å²) in [5, 5.41) is 14.9. The lowest BCUT2D eigenvalue weighted by Crippen LogP contribution is -2.45. The Morgan fingerprint density at radius 2 is 2.10 bits per heavy atom. The second-order valence-electron chi connectivity index (χ2n) is 5.17. The van der Waals surface area contributed by atoms with Gasteiger partial charge in [-0.1, -0.05) is 30.1 Å². The van der Waals surface area contributed by atoms with Gasteiger partial charge in [-0.15, -0.1) is 0 Å². The molecule has 1 amide bonds. The number of carbonyl (C=O) groups is 1. The standard InChI is InChI=1S/C14H18BrN3O2/c1-9-5-4-6-10(11(9)15)17-13(19)14(12(16)18-20)7-2-3-8-14/h4-6,20H,2-3,7-8H2,1H3,(H2,16,18)(H,17,19). The Balaban J connectivity index is 2.28. The van der Waals surface area contributed by atoms with Gasteiger partial charge in [0.1, 0.15) is 5.41 Å². The molecule has 0 heterocycles. The third-order valence-corrected chi connectivity index (χ3v) is 4.98. The van der Waals surface area contributed by atoms with E-state index in [1.165, 1.54) is 0 Å². The quantitative estimate of drug-likeness (QED) is 0.342. The summed E-state index contributed by atoms with van der Waals surface area (Å²) in [5.74, 6) is -0.215. The van der Waals surface area contributed by atoms with Crippen molar-refractivity contribution in [3.05, 3.63) is 28.2 Å². The molecule has 1 aromatic rings. The molecule has 0 saturated heterocycles. The first-order chi connectivity index (χ1) is 9.51. The molecule has 0 atom stereocenters. The Morgan fingerprint density at radius 1 is 1.45 bits per heavy atom. The fourth-order valence-electron chi connectivity index (χ4n) is 2.66. The number of amidine groups is 1. The van der Waals surface area contributed by atoms with E-state index in [1.807, 2.05) is 25.1 Å². The van der Waals surface area contributed by atoms with Crippen LogP contribution in [0.1, 0.15) is 31.2 Å². The first-order valence-electron chi connectivity index (χ1n) is 6.56. The maximum atomic E-state index is 12.6. The van der Waals surface area contributed by atoms with Crippen molar-refractivity contribution in [3.8, 4) is 0 Å². The van der Waals surface area contributed by atoms with Crippen LogP contribution in [0.15, 0.2) is 27.8 Å². The molecule has 0 bridgehead atoms. The van der Waals surface area contributed by atoms with Crippen molar-refractivity contribution in [3.63, 3.8) is 0 Å². The predicted octanol–water partition coefficient (Wildman–Crippen LogP) is 3.00. The number of amides is 1. The molecule has 1 fully saturated rings. The molecule has 1 aromatic carbocycles. The summed E-state index contributed by atoms with van der Waals surface area (Å²) in [4.78, 5) is 12.6. The SMILES string of the molecule is Cc1cccc(NC(=O)C2(/C(N)=N/O)CCCC2)c1Br. The van der Waals surface area contributed by atoms with E-state index < -0.39 is 5.41 Å². The van der Waals surface area contributed by atoms with Crippen molar-refractivity contribution in [2.24, 2.45) is 16.3 Å². The average Bonchev–Trinajstić information content (AvgIpc) is 2.93. The fraction of sp³-hybridized carbons (Fsp3) is 0.429. The third kappa shape index (κ3) is 2.52. The van der Waals surface area contributed by atoms with E-state index in [4.69, 9.17) is 10.9 Å². The van der Waals surface area contributed by atoms with Crippen molar-refractivity contribution >= 4 is 33.4 Å². The smallest absolute Gasteiger partial charge is 0.238 e. The molecule has 1 aliphatic rings. The van der Waals surface area contributed by atoms with Crippen molar-refractivity contribution < 1.29 is 10.0 Å². The van der Waals surface area contributed by atoms with Crippen LogP contribution in [0, 0.1) is 12.3 Å². The molecule has 2 rings (SSSR count). The fourth-order valence-corrected chi connectivity index (χ4v) is 3.02. The summed E-state index contributed by atoms with van der Waals surface area (Å²) in [7, 11) is 0. The highest BCUT2D eigenvalue weighted by Crippen LogP contribution is 2.40. The molecule has 1 aliphatic carbocycles. The minimum Gasteiger partial charge on any atom is -0.409 e. The zero-order valence-corrected chi connectivity index (χ0v) is 12.9. The van der Waals surface area contributed by atoms with Crippen LogP contribution in [0.25, 0.3) is 0 Å². The Labute approximate surface area is 126 Å². The number of aryl methyl sites for hydroxylation is 1. The van der Waals surface area contributed by atoms with Crippen LogP contribution >= 0.6 is 15.9 Å². The molecule has 0 radical (unpaired) electrons. The number of benzene rings is 1. The number of oxime groups is 1. The first kappa shape index (κ1) is 14.8. The Morgan fingerprint density at radius 3 is 2.70 bits per heavy atom. The van der Waals surface area contributed by atoms with Crippen LogP contribution in [0.2, 0.25) is 0 Å². The molecular formula is C14H18BrN3O2. The van der Waals surface area contributed by atoms with Gasteiger partial charge in [-0.25, -0.2) is 0 Å². The van der Waals surface area contributed by atoms with Gasteiger partial charge in [-0.05, 0) is 47.3 Å². The second kappa shape index (κ2) is 5.83. The molecule has 108 valence electrons. The summed E-state index contributed by atoms with van der Waals surface area (Å²) in [5.41, 5.74) is 6.61. The van der Waals surface area contributed by atoms with Gasteiger partial charge in [-0.3, -0.25) is 4.79 Å². The summed E-state index contributed by atoms with van der Waals surface area (Å²) >= 11 is 3.46. The van der Waals surface area contributed by atoms with Gasteiger partial charge in [-0.2, -0.15) is 0 Å². The summed E-state index contributed by atoms with van der Waals surface area (Å²) in [6.45, 7) is 1.95. The number of hydrogen-bond acceptors (Lipinski definition) is 3. The molecule has 0 aromatic heterocycles. The minimum atomic E-state index is -0.891. The Kier molecular flexibility index (Phi) is 4.32. The highest BCUT2D eigenvalue weighted by Gasteiger charge is 2.45. The highest BCUT2D eigenvalue weighted by atomic mass is 79.9. The van der Waals surface area contributed by atoms with Crippen LogP contribution in [0.3, 0.4) is 0 Å². The molecule has 0 unspecified atom stereocenters. The van der Waals surface area contributed by atoms with E-state index >= 15 is 0 Å². The van der Waals surface area contributed by atoms with E-state index in [0.717, 1.165) is 22.9 Å². The summed E-state index contributed by atoms with van der Waals surface area (Å²) < 4.78 is 0.848. The Bertz CT molecular complexity index is 551. The van der Waals surface area contributed by atoms with Crippen molar-refractivity contribution in [1.29, 1.82) is 0 Å². The molecule has 1 saturated carbocycles. The largest absolute Gasteiger partial charge is 0.409 e. The van der Waals surface area contributed by atoms with Gasteiger partial charge in [0.05, 0.1) is 5.69 Å². The van der Waals surface area contributed by atoms with Crippen LogP contribution < -0.4 is 11.1 Å². The number of anilines is 1. The van der Waals surface area contributed by atoms with Crippen molar-refractivity contribution in [2.45, 2.75) is 32.6 Å². The normalized spacial score (nSPS) is 18.0. The topological polar surface area (TPSA) is 87.7 Å². The minimum absolute atomic E-state index is 0.00345. The van der Waals surface area contributed by atoms with Gasteiger partial charge in [0.2, 0.25) is 5.91 Å². The number of rotatable bonds is 3. The van der Waals surface area contributed by atoms with E-state index in [9.17, 15) is 4.79 Å². The van der Waals surface area contributed by atoms with E-state index in [1.54, 1.807) is 0 Å². The van der Waals surface area contributed by atoms with Crippen LogP contribution in [0.4, 0.5) is 5.69 Å². The maximum Gasteiger partial charge on any atom is 0.238 e. The molecule has 6 heteroatoms. The molecule has 4 N–H and O–H groups in total. The lowest BCUT2D eigenvalue weighted by molar-refractivity contribution is -0.122. The van der Waals surface area contributed by atoms with Gasteiger partial charge in [0, 0.05) is 4.47 Å². The lowest BCUT2D eigenvalue weighted by Gasteiger charge is -2.26. The Hall–Kier alpha value is -1.56. The van der Waals surface area contributed by atoms with Crippen molar-refractivity contribution in [2.75, 3.05) is 5.32 Å². The first-order valence-corrected chi connectivity index (χ1v) is 7.35. The highest BCUT2D eigenvalue weighted by molar-refractivity contribution is 9.10. The number of nitrogens with two attached hydrogens (primary N) is 1. The molecule has 20 heavy (non-hydrogen) atoms. The zero-order chi connectivity index (χ0) is 14.8. The molecular weight excluding hydrogens is 322 g/mol. The number of nitrogens with zero attached hydrogens (tertiary/aromatic N) is 1. The van der Waals surface area contributed by atoms with E-state index in [2.05, 4.69) is 26.4 Å². The van der Waals surface area contributed by atoms with Gasteiger partial charge in [0.15, 0.2) is 5.84 Å². The van der Waals surface area contributed by atoms with Crippen molar-refractivity contribution in [1.82, 2.24) is 0 Å². The number of hydrogen-bond donors (Lipinski definition) is 3. The van der Waals surface area contributed by atoms with Crippen LogP contribution in [0.5, 0.6) is 0 Å². The number of carbonyl (C=O) groups excluding carboxylic acids is 1. The molecule has 0 spiro atoms. The zero-order valence-electron chi connectivity index (χ0n) is 11.3.